The Kier molecular flexibility index (Phi) is 20.2. The van der Waals surface area contributed by atoms with Gasteiger partial charge in [0.05, 0.1) is 64.3 Å². The molecule has 458 valence electrons. The Hall–Kier alpha value is -7.01. The highest BCUT2D eigenvalue weighted by Gasteiger charge is 2.47. The Labute approximate surface area is 469 Å². The van der Waals surface area contributed by atoms with E-state index in [4.69, 9.17) is 14.2 Å². The molecular formula is C56H39BF24O3S. The first kappa shape index (κ1) is 67.1. The molecule has 0 aliphatic carbocycles. The van der Waals surface area contributed by atoms with Crippen LogP contribution in [0.3, 0.4) is 0 Å². The third kappa shape index (κ3) is 16.7. The van der Waals surface area contributed by atoms with E-state index >= 15 is 0 Å². The van der Waals surface area contributed by atoms with Gasteiger partial charge in [0.15, 0.2) is 15.5 Å². The van der Waals surface area contributed by atoms with Gasteiger partial charge < -0.3 is 14.2 Å². The minimum atomic E-state index is -6.13. The predicted octanol–water partition coefficient (Wildman–Crippen LogP) is 16.4. The van der Waals surface area contributed by atoms with E-state index in [1.165, 1.54) is 14.7 Å². The summed E-state index contributed by atoms with van der Waals surface area (Å²) in [5, 5.41) is 0. The molecule has 0 saturated carbocycles. The summed E-state index contributed by atoms with van der Waals surface area (Å²) >= 11 is 0. The Morgan fingerprint density at radius 1 is 0.306 bits per heavy atom. The molecule has 0 spiro atoms. The molecule has 0 amide bonds. The number of para-hydroxylation sites is 1. The van der Waals surface area contributed by atoms with E-state index in [0.717, 1.165) is 5.75 Å². The van der Waals surface area contributed by atoms with Gasteiger partial charge in [-0.25, -0.2) is 0 Å². The molecule has 29 heteroatoms. The first-order valence-corrected chi connectivity index (χ1v) is 25.5. The minimum Gasteiger partial charge on any atom is -0.486 e. The molecule has 0 unspecified atom stereocenters. The first-order valence-electron chi connectivity index (χ1n) is 24.2. The molecule has 0 N–H and O–H groups in total. The zero-order chi connectivity index (χ0) is 63.4. The molecule has 0 aliphatic heterocycles. The van der Waals surface area contributed by atoms with Crippen LogP contribution in [0.5, 0.6) is 5.75 Å². The molecule has 0 bridgehead atoms. The van der Waals surface area contributed by atoms with Crippen LogP contribution in [-0.2, 0) is 69.8 Å². The van der Waals surface area contributed by atoms with Gasteiger partial charge >= 0.3 is 49.4 Å². The zero-order valence-corrected chi connectivity index (χ0v) is 43.6. The second kappa shape index (κ2) is 25.5. The lowest BCUT2D eigenvalue weighted by molar-refractivity contribution is -0.144. The number of benzene rings is 7. The van der Waals surface area contributed by atoms with Crippen molar-refractivity contribution >= 4 is 38.9 Å². The van der Waals surface area contributed by atoms with Crippen LogP contribution in [0.4, 0.5) is 105 Å². The largest absolute Gasteiger partial charge is 0.486 e. The number of halogens is 24. The van der Waals surface area contributed by atoms with Crippen molar-refractivity contribution in [2.24, 2.45) is 0 Å². The molecule has 85 heavy (non-hydrogen) atoms. The van der Waals surface area contributed by atoms with Crippen LogP contribution < -0.4 is 26.6 Å². The summed E-state index contributed by atoms with van der Waals surface area (Å²) in [6, 6.07) is 20.7. The second-order valence-corrected chi connectivity index (χ2v) is 20.3. The average Bonchev–Trinajstić information content (AvgIpc) is 0.751. The fourth-order valence-corrected chi connectivity index (χ4v) is 11.1. The van der Waals surface area contributed by atoms with Crippen LogP contribution in [0.15, 0.2) is 172 Å². The highest BCUT2D eigenvalue weighted by Crippen LogP contribution is 2.42. The van der Waals surface area contributed by atoms with E-state index in [-0.39, 0.29) is 10.9 Å². The fraction of sp³-hybridized carbons (Fsp3) is 0.250. The van der Waals surface area contributed by atoms with Crippen molar-refractivity contribution in [1.29, 1.82) is 0 Å². The van der Waals surface area contributed by atoms with Crippen molar-refractivity contribution < 1.29 is 120 Å². The normalized spacial score (nSPS) is 13.2. The van der Waals surface area contributed by atoms with Gasteiger partial charge in [-0.15, -0.1) is 0 Å². The molecule has 0 atom stereocenters. The van der Waals surface area contributed by atoms with Gasteiger partial charge in [-0.2, -0.15) is 127 Å². The van der Waals surface area contributed by atoms with E-state index < -0.39 is 195 Å². The highest BCUT2D eigenvalue weighted by molar-refractivity contribution is 7.97. The highest BCUT2D eigenvalue weighted by atomic mass is 32.2. The Morgan fingerprint density at radius 3 is 0.824 bits per heavy atom. The molecular weight excluding hydrogens is 1220 g/mol. The Morgan fingerprint density at radius 2 is 0.553 bits per heavy atom. The Bertz CT molecular complexity index is 2890. The van der Waals surface area contributed by atoms with Gasteiger partial charge in [0, 0.05) is 6.61 Å². The first-order chi connectivity index (χ1) is 39.2. The quantitative estimate of drug-likeness (QED) is 0.0443. The van der Waals surface area contributed by atoms with Crippen molar-refractivity contribution in [3.05, 3.63) is 202 Å². The van der Waals surface area contributed by atoms with Gasteiger partial charge in [0.2, 0.25) is 4.90 Å². The maximum absolute atomic E-state index is 14.2. The monoisotopic (exact) mass is 1260 g/mol. The molecule has 0 aromatic heterocycles. The SMILES string of the molecule is CCOCCOCCOc1ccccc1[S+](c1ccccc1)c1ccccc1.FC(F)(F)c1cc([B-](c2cc(C(F)(F)F)cc(C(F)(F)F)c2)(c2cc(C(F)(F)F)cc(C(F)(F)F)c2)c2cc(C(F)(F)F)cc(C(F)(F)F)c2)cc(C(F)(F)F)c1. The van der Waals surface area contributed by atoms with Crippen LogP contribution in [-0.4, -0.2) is 39.2 Å². The van der Waals surface area contributed by atoms with Crippen molar-refractivity contribution in [1.82, 2.24) is 0 Å². The van der Waals surface area contributed by atoms with Crippen molar-refractivity contribution in [3.63, 3.8) is 0 Å². The topological polar surface area (TPSA) is 27.7 Å². The number of hydrogen-bond donors (Lipinski definition) is 0. The number of hydrogen-bond acceptors (Lipinski definition) is 3. The van der Waals surface area contributed by atoms with Crippen LogP contribution in [0.1, 0.15) is 51.4 Å². The van der Waals surface area contributed by atoms with Gasteiger partial charge in [0.1, 0.15) is 23.6 Å². The van der Waals surface area contributed by atoms with Crippen molar-refractivity contribution in [2.75, 3.05) is 33.0 Å². The molecule has 0 aliphatic rings. The van der Waals surface area contributed by atoms with E-state index in [1.807, 2.05) is 19.1 Å². The number of alkyl halides is 24. The van der Waals surface area contributed by atoms with Crippen molar-refractivity contribution in [2.45, 2.75) is 71.0 Å². The molecule has 3 nitrogen and oxygen atoms in total. The Balaban J connectivity index is 0.000000343. The summed E-state index contributed by atoms with van der Waals surface area (Å²) in [4.78, 5) is 3.74. The van der Waals surface area contributed by atoms with Gasteiger partial charge in [0.25, 0.3) is 0 Å². The third-order valence-electron chi connectivity index (χ3n) is 12.5. The molecule has 7 rings (SSSR count). The zero-order valence-electron chi connectivity index (χ0n) is 42.8. The maximum Gasteiger partial charge on any atom is 0.416 e. The predicted molar refractivity (Wildman–Crippen MR) is 264 cm³/mol. The van der Waals surface area contributed by atoms with Crippen LogP contribution in [0, 0.1) is 0 Å². The van der Waals surface area contributed by atoms with Gasteiger partial charge in [-0.1, -0.05) is 97.1 Å². The summed E-state index contributed by atoms with van der Waals surface area (Å²) in [6.07, 6.45) is -54.8. The fourth-order valence-electron chi connectivity index (χ4n) is 8.89. The lowest BCUT2D eigenvalue weighted by Gasteiger charge is -2.46. The second-order valence-electron chi connectivity index (χ2n) is 18.3. The van der Waals surface area contributed by atoms with Gasteiger partial charge in [-0.05, 0) is 67.6 Å². The number of rotatable bonds is 15. The molecule has 0 radical (unpaired) electrons. The summed E-state index contributed by atoms with van der Waals surface area (Å²) in [6.45, 7) is 4.98. The van der Waals surface area contributed by atoms with E-state index in [1.54, 1.807) is 0 Å². The summed E-state index contributed by atoms with van der Waals surface area (Å²) in [5.41, 5.74) is -30.2. The van der Waals surface area contributed by atoms with Crippen LogP contribution in [0.25, 0.3) is 0 Å². The average molecular weight is 1260 g/mol. The molecule has 0 saturated heterocycles. The van der Waals surface area contributed by atoms with Crippen LogP contribution in [0.2, 0.25) is 0 Å². The van der Waals surface area contributed by atoms with Crippen LogP contribution >= 0.6 is 0 Å². The third-order valence-corrected chi connectivity index (χ3v) is 14.8. The minimum absolute atomic E-state index is 0.224. The molecule has 7 aromatic carbocycles. The van der Waals surface area contributed by atoms with Gasteiger partial charge in [-0.3, -0.25) is 0 Å². The summed E-state index contributed by atoms with van der Waals surface area (Å²) in [5.74, 6) is 0.909. The summed E-state index contributed by atoms with van der Waals surface area (Å²) < 4.78 is 358. The summed E-state index contributed by atoms with van der Waals surface area (Å²) in [7, 11) is -0.224. The maximum atomic E-state index is 14.2. The standard InChI is InChI=1S/C32H12BF24.C24H27O3S/c34-25(35,36)13-1-14(26(37,38)39)6-21(5-13)33(22-7-15(27(40,41)42)2-16(8-22)28(43,44)45,23-9-17(29(46,47)48)3-18(10-23)30(49,50)51)24-11-19(31(52,53)54)4-20(12-24)32(55,56)57;1-2-25-17-18-26-19-20-27-23-15-9-10-16-24(23)28(21-11-5-3-6-12-21)22-13-7-4-8-14-22/h1-12H;3-16H,2,17-20H2,1H3/q-1;+1. The smallest absolute Gasteiger partial charge is 0.416 e. The van der Waals surface area contributed by atoms with E-state index in [9.17, 15) is 105 Å². The van der Waals surface area contributed by atoms with E-state index in [0.29, 0.717) is 33.0 Å². The lowest BCUT2D eigenvalue weighted by atomic mass is 9.12. The van der Waals surface area contributed by atoms with E-state index in [2.05, 4.69) is 72.8 Å². The van der Waals surface area contributed by atoms with Crippen molar-refractivity contribution in [3.8, 4) is 5.75 Å². The lowest BCUT2D eigenvalue weighted by Crippen LogP contribution is -2.75. The molecule has 0 fully saturated rings. The molecule has 7 aromatic rings. The molecule has 0 heterocycles. The number of ether oxygens (including phenoxy) is 3.